The van der Waals surface area contributed by atoms with Crippen LogP contribution in [0.25, 0.3) is 0 Å². The first-order valence-corrected chi connectivity index (χ1v) is 16.3. The third-order valence-corrected chi connectivity index (χ3v) is 8.24. The summed E-state index contributed by atoms with van der Waals surface area (Å²) in [6.07, 6.45) is 19.9. The third kappa shape index (κ3) is 50.0. The normalized spacial score (nSPS) is 10.9. The van der Waals surface area contributed by atoms with Crippen LogP contribution in [-0.2, 0) is 25.3 Å². The van der Waals surface area contributed by atoms with Crippen LogP contribution in [0.4, 0.5) is 0 Å². The number of aliphatic hydroxyl groups is 1. The third-order valence-electron chi connectivity index (χ3n) is 3.91. The average molecular weight is 511 g/mol. The standard InChI is InChI=1S/C12H26S.2C4H9.C2H6OS.Sn/c1-2-3-4-5-6-7-8-9-10-11-12-13;2*1-3-4-2;1-2(3)4;/h13H,2-12H2,1H3;2*1,3-4H2,2H3;2-4H,1H3;/q;;;;+2/p-2. The van der Waals surface area contributed by atoms with Crippen LogP contribution in [0.3, 0.4) is 0 Å². The van der Waals surface area contributed by atoms with E-state index in [9.17, 15) is 0 Å². The van der Waals surface area contributed by atoms with Crippen LogP contribution in [0.1, 0.15) is 118 Å². The maximum atomic E-state index is 7.87. The first-order chi connectivity index (χ1) is 12.6. The molecule has 1 atom stereocenters. The Morgan fingerprint density at radius 3 is 1.27 bits per heavy atom. The van der Waals surface area contributed by atoms with Gasteiger partial charge in [-0.1, -0.05) is 83.5 Å². The molecule has 0 bridgehead atoms. The van der Waals surface area contributed by atoms with Gasteiger partial charge in [0.15, 0.2) is 0 Å². The van der Waals surface area contributed by atoms with E-state index in [1.54, 1.807) is 8.87 Å². The van der Waals surface area contributed by atoms with Gasteiger partial charge in [0, 0.05) is 0 Å². The van der Waals surface area contributed by atoms with E-state index in [1.165, 1.54) is 96.8 Å². The van der Waals surface area contributed by atoms with Crippen molar-refractivity contribution < 1.29 is 5.11 Å². The van der Waals surface area contributed by atoms with Gasteiger partial charge in [0.2, 0.25) is 0 Å². The molecule has 0 heterocycles. The second kappa shape index (κ2) is 34.0. The summed E-state index contributed by atoms with van der Waals surface area (Å²) in [5.74, 6) is 0.955. The number of unbranched alkanes of at least 4 members (excludes halogenated alkanes) is 11. The molecule has 0 aliphatic heterocycles. The van der Waals surface area contributed by atoms with E-state index in [0.29, 0.717) is 0 Å². The van der Waals surface area contributed by atoms with Crippen molar-refractivity contribution in [1.29, 1.82) is 0 Å². The van der Waals surface area contributed by atoms with E-state index >= 15 is 0 Å². The molecule has 0 aliphatic rings. The molecule has 1 nitrogen and oxygen atoms in total. The van der Waals surface area contributed by atoms with Gasteiger partial charge in [-0.2, -0.15) is 5.75 Å². The van der Waals surface area contributed by atoms with E-state index in [-0.39, 0.29) is 21.1 Å². The quantitative estimate of drug-likeness (QED) is 0.132. The van der Waals surface area contributed by atoms with Gasteiger partial charge in [-0.25, -0.2) is 0 Å². The molecule has 0 saturated heterocycles. The van der Waals surface area contributed by atoms with Gasteiger partial charge in [0.25, 0.3) is 0 Å². The molecule has 0 spiro atoms. The molecule has 4 heteroatoms. The topological polar surface area (TPSA) is 20.2 Å². The molecule has 0 rings (SSSR count). The van der Waals surface area contributed by atoms with Gasteiger partial charge in [0.1, 0.15) is 0 Å². The van der Waals surface area contributed by atoms with Crippen LogP contribution >= 0.6 is 0 Å². The van der Waals surface area contributed by atoms with Crippen LogP contribution in [0, 0.1) is 0 Å². The Morgan fingerprint density at radius 1 is 0.654 bits per heavy atom. The van der Waals surface area contributed by atoms with Crippen LogP contribution in [-0.4, -0.2) is 37.4 Å². The second-order valence-electron chi connectivity index (χ2n) is 6.94. The van der Waals surface area contributed by atoms with Crippen molar-refractivity contribution in [3.63, 3.8) is 0 Å². The monoisotopic (exact) mass is 512 g/mol. The summed E-state index contributed by atoms with van der Waals surface area (Å²) in [4.78, 5) is 0. The number of hydrogen-bond acceptors (Lipinski definition) is 3. The SMILES string of the molecule is CC(O)[S-].CCCCCCCCCCCC[S-].CCC[CH2][Sn+2][CH2]CCC. The Bertz CT molecular complexity index is 186. The predicted molar refractivity (Wildman–Crippen MR) is 128 cm³/mol. The number of rotatable bonds is 16. The molecule has 0 aromatic carbocycles. The Morgan fingerprint density at radius 2 is 0.962 bits per heavy atom. The van der Waals surface area contributed by atoms with Gasteiger partial charge in [0.05, 0.1) is 0 Å². The number of hydrogen-bond donors (Lipinski definition) is 1. The van der Waals surface area contributed by atoms with Gasteiger partial charge in [-0.3, -0.25) is 0 Å². The fourth-order valence-electron chi connectivity index (χ4n) is 2.32. The minimum atomic E-state index is -0.583. The molecule has 26 heavy (non-hydrogen) atoms. The molecule has 0 aromatic rings. The molecule has 0 saturated carbocycles. The van der Waals surface area contributed by atoms with Crippen LogP contribution < -0.4 is 0 Å². The zero-order valence-electron chi connectivity index (χ0n) is 18.4. The van der Waals surface area contributed by atoms with Crippen molar-refractivity contribution in [2.24, 2.45) is 0 Å². The van der Waals surface area contributed by atoms with E-state index < -0.39 is 5.44 Å². The van der Waals surface area contributed by atoms with Crippen LogP contribution in [0.5, 0.6) is 0 Å². The van der Waals surface area contributed by atoms with Crippen LogP contribution in [0.2, 0.25) is 8.87 Å². The summed E-state index contributed by atoms with van der Waals surface area (Å²) in [6, 6.07) is 0. The van der Waals surface area contributed by atoms with Crippen molar-refractivity contribution in [2.45, 2.75) is 132 Å². The van der Waals surface area contributed by atoms with Crippen molar-refractivity contribution in [2.75, 3.05) is 5.75 Å². The Kier molecular flexibility index (Phi) is 42.0. The summed E-state index contributed by atoms with van der Waals surface area (Å²) in [6.45, 7) is 8.39. The predicted octanol–water partition coefficient (Wildman–Crippen LogP) is 7.45. The zero-order valence-corrected chi connectivity index (χ0v) is 22.8. The Balaban J connectivity index is -0.000000352. The van der Waals surface area contributed by atoms with Gasteiger partial charge in [-0.15, -0.1) is 0 Å². The first-order valence-electron chi connectivity index (χ1n) is 11.2. The van der Waals surface area contributed by atoms with Crippen molar-refractivity contribution in [1.82, 2.24) is 0 Å². The van der Waals surface area contributed by atoms with E-state index in [0.717, 1.165) is 5.75 Å². The van der Waals surface area contributed by atoms with Crippen LogP contribution in [0.15, 0.2) is 0 Å². The molecule has 0 radical (unpaired) electrons. The zero-order chi connectivity index (χ0) is 20.3. The summed E-state index contributed by atoms with van der Waals surface area (Å²) in [7, 11) is 0. The molecular weight excluding hydrogens is 463 g/mol. The van der Waals surface area contributed by atoms with E-state index in [4.69, 9.17) is 17.7 Å². The molecule has 0 fully saturated rings. The average Bonchev–Trinajstić information content (AvgIpc) is 2.60. The summed E-state index contributed by atoms with van der Waals surface area (Å²) >= 11 is 9.23. The van der Waals surface area contributed by atoms with E-state index in [1.807, 2.05) is 0 Å². The molecule has 158 valence electrons. The fourth-order valence-corrected chi connectivity index (χ4v) is 6.68. The van der Waals surface area contributed by atoms with Crippen molar-refractivity contribution in [3.05, 3.63) is 0 Å². The van der Waals surface area contributed by atoms with Gasteiger partial charge >= 0.3 is 69.5 Å². The molecular formula is C22H48OS2Sn. The Labute approximate surface area is 188 Å². The molecule has 1 unspecified atom stereocenters. The Hall–Kier alpha value is 1.46. The number of aliphatic hydroxyl groups excluding tert-OH is 1. The van der Waals surface area contributed by atoms with Crippen molar-refractivity contribution >= 4 is 46.4 Å². The second-order valence-corrected chi connectivity index (χ2v) is 12.3. The molecule has 0 aliphatic carbocycles. The van der Waals surface area contributed by atoms with E-state index in [2.05, 4.69) is 33.4 Å². The molecule has 0 aromatic heterocycles. The summed E-state index contributed by atoms with van der Waals surface area (Å²) in [5, 5.41) is 7.87. The first kappa shape index (κ1) is 32.1. The van der Waals surface area contributed by atoms with Crippen molar-refractivity contribution in [3.8, 4) is 0 Å². The van der Waals surface area contributed by atoms with Gasteiger partial charge < -0.3 is 30.4 Å². The van der Waals surface area contributed by atoms with Gasteiger partial charge in [-0.05, 0) is 0 Å². The molecule has 1 N–H and O–H groups in total. The minimum absolute atomic E-state index is 0.149. The fraction of sp³-hybridized carbons (Fsp3) is 1.00. The molecule has 0 amide bonds. The summed E-state index contributed by atoms with van der Waals surface area (Å²) < 4.78 is 3.25. The maximum absolute atomic E-state index is 7.87. The summed E-state index contributed by atoms with van der Waals surface area (Å²) in [5.41, 5.74) is -0.583.